The summed E-state index contributed by atoms with van der Waals surface area (Å²) < 4.78 is 14.5. The van der Waals surface area contributed by atoms with Crippen molar-refractivity contribution in [1.29, 1.82) is 0 Å². The van der Waals surface area contributed by atoms with Crippen molar-refractivity contribution in [2.75, 3.05) is 0 Å². The summed E-state index contributed by atoms with van der Waals surface area (Å²) in [6.07, 6.45) is -1.13. The quantitative estimate of drug-likeness (QED) is 0.851. The smallest absolute Gasteiger partial charge is 0.142 e. The van der Waals surface area contributed by atoms with Gasteiger partial charge < -0.3 is 5.73 Å². The van der Waals surface area contributed by atoms with Gasteiger partial charge in [0.1, 0.15) is 6.17 Å². The highest BCUT2D eigenvalue weighted by Crippen LogP contribution is 2.28. The number of alkyl halides is 1. The molecular formula is C10H13BrFN. The van der Waals surface area contributed by atoms with Crippen LogP contribution in [0.15, 0.2) is 28.7 Å². The van der Waals surface area contributed by atoms with Crippen LogP contribution in [0, 0.1) is 0 Å². The minimum Gasteiger partial charge on any atom is -0.323 e. The fourth-order valence-electron chi connectivity index (χ4n) is 1.09. The van der Waals surface area contributed by atoms with Crippen molar-refractivity contribution in [3.05, 3.63) is 34.3 Å². The molecule has 1 nitrogen and oxygen atoms in total. The lowest BCUT2D eigenvalue weighted by atomic mass is 9.94. The predicted octanol–water partition coefficient (Wildman–Crippen LogP) is 3.20. The first-order valence-corrected chi connectivity index (χ1v) is 4.89. The molecule has 0 radical (unpaired) electrons. The molecule has 0 saturated heterocycles. The van der Waals surface area contributed by atoms with Gasteiger partial charge in [0.15, 0.2) is 0 Å². The van der Waals surface area contributed by atoms with Crippen LogP contribution in [0.3, 0.4) is 0 Å². The lowest BCUT2D eigenvalue weighted by Gasteiger charge is -2.23. The predicted molar refractivity (Wildman–Crippen MR) is 56.3 cm³/mol. The molecule has 0 fully saturated rings. The molecule has 0 amide bonds. The second kappa shape index (κ2) is 3.76. The Morgan fingerprint density at radius 1 is 1.46 bits per heavy atom. The molecule has 0 aliphatic heterocycles. The third-order valence-corrected chi connectivity index (χ3v) is 2.29. The van der Waals surface area contributed by atoms with Crippen molar-refractivity contribution in [1.82, 2.24) is 0 Å². The van der Waals surface area contributed by atoms with Crippen molar-refractivity contribution < 1.29 is 4.39 Å². The molecule has 13 heavy (non-hydrogen) atoms. The lowest BCUT2D eigenvalue weighted by molar-refractivity contribution is 0.223. The van der Waals surface area contributed by atoms with Gasteiger partial charge in [0, 0.05) is 10.0 Å². The van der Waals surface area contributed by atoms with Crippen LogP contribution >= 0.6 is 15.9 Å². The first-order chi connectivity index (χ1) is 5.91. The fourth-order valence-corrected chi connectivity index (χ4v) is 1.51. The topological polar surface area (TPSA) is 26.0 Å². The van der Waals surface area contributed by atoms with Crippen LogP contribution in [-0.4, -0.2) is 5.54 Å². The van der Waals surface area contributed by atoms with Crippen LogP contribution in [-0.2, 0) is 0 Å². The van der Waals surface area contributed by atoms with E-state index in [9.17, 15) is 4.39 Å². The van der Waals surface area contributed by atoms with Gasteiger partial charge in [-0.3, -0.25) is 0 Å². The van der Waals surface area contributed by atoms with E-state index in [4.69, 9.17) is 5.73 Å². The van der Waals surface area contributed by atoms with E-state index in [0.717, 1.165) is 4.47 Å². The van der Waals surface area contributed by atoms with E-state index in [0.29, 0.717) is 5.56 Å². The molecule has 3 heteroatoms. The van der Waals surface area contributed by atoms with Crippen LogP contribution < -0.4 is 5.73 Å². The first-order valence-electron chi connectivity index (χ1n) is 4.09. The number of nitrogens with two attached hydrogens (primary N) is 1. The summed E-state index contributed by atoms with van der Waals surface area (Å²) in [5, 5.41) is 0. The van der Waals surface area contributed by atoms with Crippen molar-refractivity contribution in [2.45, 2.75) is 25.6 Å². The summed E-state index contributed by atoms with van der Waals surface area (Å²) in [7, 11) is 0. The molecule has 0 aromatic heterocycles. The van der Waals surface area contributed by atoms with Gasteiger partial charge in [-0.25, -0.2) is 4.39 Å². The Kier molecular flexibility index (Phi) is 3.09. The molecular weight excluding hydrogens is 233 g/mol. The molecule has 2 N–H and O–H groups in total. The Morgan fingerprint density at radius 2 is 2.08 bits per heavy atom. The highest BCUT2D eigenvalue weighted by molar-refractivity contribution is 9.10. The third kappa shape index (κ3) is 2.78. The van der Waals surface area contributed by atoms with E-state index in [1.165, 1.54) is 0 Å². The Labute approximate surface area is 86.3 Å². The minimum absolute atomic E-state index is 0.613. The van der Waals surface area contributed by atoms with E-state index < -0.39 is 11.7 Å². The summed E-state index contributed by atoms with van der Waals surface area (Å²) in [5.41, 5.74) is 5.45. The highest BCUT2D eigenvalue weighted by Gasteiger charge is 2.26. The maximum Gasteiger partial charge on any atom is 0.142 e. The second-order valence-electron chi connectivity index (χ2n) is 3.74. The Balaban J connectivity index is 2.96. The molecule has 1 aromatic rings. The number of rotatable bonds is 2. The average Bonchev–Trinajstić information content (AvgIpc) is 2.01. The Morgan fingerprint density at radius 3 is 2.54 bits per heavy atom. The van der Waals surface area contributed by atoms with E-state index in [1.54, 1.807) is 32.0 Å². The van der Waals surface area contributed by atoms with Gasteiger partial charge in [-0.2, -0.15) is 0 Å². The van der Waals surface area contributed by atoms with Gasteiger partial charge in [0.05, 0.1) is 0 Å². The fraction of sp³-hybridized carbons (Fsp3) is 0.400. The molecule has 72 valence electrons. The normalized spacial score (nSPS) is 14.2. The van der Waals surface area contributed by atoms with Crippen LogP contribution in [0.2, 0.25) is 0 Å². The van der Waals surface area contributed by atoms with Gasteiger partial charge in [0.25, 0.3) is 0 Å². The molecule has 1 rings (SSSR count). The molecule has 0 spiro atoms. The molecule has 1 unspecified atom stereocenters. The second-order valence-corrected chi connectivity index (χ2v) is 4.65. The number of benzene rings is 1. The van der Waals surface area contributed by atoms with Crippen molar-refractivity contribution in [3.8, 4) is 0 Å². The summed E-state index contributed by atoms with van der Waals surface area (Å²) in [5.74, 6) is 0. The Bertz CT molecular complexity index is 293. The molecule has 1 aromatic carbocycles. The van der Waals surface area contributed by atoms with E-state index in [2.05, 4.69) is 15.9 Å². The van der Waals surface area contributed by atoms with Crippen LogP contribution in [0.5, 0.6) is 0 Å². The van der Waals surface area contributed by atoms with Crippen molar-refractivity contribution >= 4 is 15.9 Å². The largest absolute Gasteiger partial charge is 0.323 e. The third-order valence-electron chi connectivity index (χ3n) is 1.79. The summed E-state index contributed by atoms with van der Waals surface area (Å²) in [6, 6.07) is 7.15. The van der Waals surface area contributed by atoms with E-state index in [-0.39, 0.29) is 0 Å². The van der Waals surface area contributed by atoms with E-state index >= 15 is 0 Å². The molecule has 1 atom stereocenters. The van der Waals surface area contributed by atoms with Crippen LogP contribution in [0.4, 0.5) is 4.39 Å². The zero-order chi connectivity index (χ0) is 10.1. The summed E-state index contributed by atoms with van der Waals surface area (Å²) in [4.78, 5) is 0. The molecule has 0 saturated carbocycles. The molecule has 0 aliphatic rings. The first kappa shape index (κ1) is 10.7. The van der Waals surface area contributed by atoms with Gasteiger partial charge >= 0.3 is 0 Å². The summed E-state index contributed by atoms with van der Waals surface area (Å²) in [6.45, 7) is 3.36. The van der Waals surface area contributed by atoms with Crippen molar-refractivity contribution in [2.24, 2.45) is 5.73 Å². The van der Waals surface area contributed by atoms with Gasteiger partial charge in [-0.05, 0) is 31.5 Å². The molecule has 0 aliphatic carbocycles. The maximum absolute atomic E-state index is 13.7. The zero-order valence-electron chi connectivity index (χ0n) is 7.72. The monoisotopic (exact) mass is 245 g/mol. The molecule has 0 heterocycles. The van der Waals surface area contributed by atoms with Gasteiger partial charge in [-0.1, -0.05) is 28.1 Å². The number of hydrogen-bond acceptors (Lipinski definition) is 1. The summed E-state index contributed by atoms with van der Waals surface area (Å²) >= 11 is 3.29. The minimum atomic E-state index is -1.13. The van der Waals surface area contributed by atoms with Crippen molar-refractivity contribution in [3.63, 3.8) is 0 Å². The SMILES string of the molecule is CC(C)(N)C(F)c1cccc(Br)c1. The average molecular weight is 246 g/mol. The van der Waals surface area contributed by atoms with Crippen LogP contribution in [0.1, 0.15) is 25.6 Å². The number of hydrogen-bond donors (Lipinski definition) is 1. The highest BCUT2D eigenvalue weighted by atomic mass is 79.9. The standard InChI is InChI=1S/C10H13BrFN/c1-10(2,13)9(12)7-4-3-5-8(11)6-7/h3-6,9H,13H2,1-2H3. The van der Waals surface area contributed by atoms with Crippen LogP contribution in [0.25, 0.3) is 0 Å². The van der Waals surface area contributed by atoms with Gasteiger partial charge in [0.2, 0.25) is 0 Å². The number of halogens is 2. The Hall–Kier alpha value is -0.410. The van der Waals surface area contributed by atoms with Gasteiger partial charge in [-0.15, -0.1) is 0 Å². The zero-order valence-corrected chi connectivity index (χ0v) is 9.31. The van der Waals surface area contributed by atoms with E-state index in [1.807, 2.05) is 6.07 Å². The lowest BCUT2D eigenvalue weighted by Crippen LogP contribution is -2.37. The maximum atomic E-state index is 13.7. The molecule has 0 bridgehead atoms.